The summed E-state index contributed by atoms with van der Waals surface area (Å²) in [7, 11) is 4.10. The van der Waals surface area contributed by atoms with Crippen molar-refractivity contribution in [1.29, 1.82) is 10.5 Å². The van der Waals surface area contributed by atoms with Crippen LogP contribution < -0.4 is 10.6 Å². The van der Waals surface area contributed by atoms with E-state index in [-0.39, 0.29) is 11.4 Å². The number of nitriles is 2. The zero-order valence-electron chi connectivity index (χ0n) is 15.4. The number of benzene rings is 1. The average Bonchev–Trinajstić information content (AvgIpc) is 3.22. The summed E-state index contributed by atoms with van der Waals surface area (Å²) in [6, 6.07) is 11.8. The Bertz CT molecular complexity index is 1250. The van der Waals surface area contributed by atoms with E-state index in [4.69, 9.17) is 10.7 Å². The number of nitrogens with two attached hydrogens (primary N) is 1. The first-order valence-corrected chi connectivity index (χ1v) is 9.50. The minimum absolute atomic E-state index is 0.00167. The van der Waals surface area contributed by atoms with Gasteiger partial charge in [-0.2, -0.15) is 10.5 Å². The van der Waals surface area contributed by atoms with Gasteiger partial charge in [-0.3, -0.25) is 0 Å². The van der Waals surface area contributed by atoms with Gasteiger partial charge in [0, 0.05) is 0 Å². The van der Waals surface area contributed by atoms with E-state index in [0.29, 0.717) is 29.1 Å². The first kappa shape index (κ1) is 17.9. The molecule has 8 nitrogen and oxygen atoms in total. The van der Waals surface area contributed by atoms with E-state index in [1.165, 1.54) is 16.2 Å². The lowest BCUT2D eigenvalue weighted by Crippen LogP contribution is -3.06. The lowest BCUT2D eigenvalue weighted by atomic mass is 10.2. The largest absolute Gasteiger partial charge is 0.384 e. The van der Waals surface area contributed by atoms with Crippen LogP contribution in [-0.2, 0) is 6.54 Å². The molecular formula is C19H17N8S+. The highest BCUT2D eigenvalue weighted by molar-refractivity contribution is 7.21. The van der Waals surface area contributed by atoms with Gasteiger partial charge in [0.25, 0.3) is 0 Å². The zero-order valence-corrected chi connectivity index (χ0v) is 16.2. The Labute approximate surface area is 165 Å². The third-order valence-electron chi connectivity index (χ3n) is 4.47. The molecule has 0 saturated carbocycles. The summed E-state index contributed by atoms with van der Waals surface area (Å²) < 4.78 is 2.90. The number of nitrogens with zero attached hydrogens (tertiary/aromatic N) is 6. The highest BCUT2D eigenvalue weighted by atomic mass is 32.1. The predicted octanol–water partition coefficient (Wildman–Crippen LogP) is 1.18. The van der Waals surface area contributed by atoms with Crippen LogP contribution in [0.1, 0.15) is 11.4 Å². The number of rotatable bonds is 4. The van der Waals surface area contributed by atoms with Crippen LogP contribution in [0.5, 0.6) is 0 Å². The van der Waals surface area contributed by atoms with Crippen molar-refractivity contribution in [1.82, 2.24) is 19.5 Å². The van der Waals surface area contributed by atoms with E-state index in [0.717, 1.165) is 21.8 Å². The number of hydrogen-bond acceptors (Lipinski definition) is 7. The van der Waals surface area contributed by atoms with Crippen molar-refractivity contribution in [2.45, 2.75) is 6.54 Å². The van der Waals surface area contributed by atoms with Gasteiger partial charge >= 0.3 is 0 Å². The maximum atomic E-state index is 9.38. The lowest BCUT2D eigenvalue weighted by molar-refractivity contribution is -0.858. The van der Waals surface area contributed by atoms with E-state index >= 15 is 0 Å². The molecule has 28 heavy (non-hydrogen) atoms. The molecule has 0 unspecified atom stereocenters. The monoisotopic (exact) mass is 389 g/mol. The molecule has 0 aliphatic heterocycles. The van der Waals surface area contributed by atoms with Crippen LogP contribution in [0.2, 0.25) is 0 Å². The molecule has 1 aromatic carbocycles. The molecule has 0 bridgehead atoms. The van der Waals surface area contributed by atoms with E-state index in [1.54, 1.807) is 0 Å². The second kappa shape index (κ2) is 6.89. The third-order valence-corrected chi connectivity index (χ3v) is 5.53. The van der Waals surface area contributed by atoms with Gasteiger partial charge in [0.2, 0.25) is 0 Å². The molecule has 4 rings (SSSR count). The number of quaternary nitrogens is 1. The molecule has 0 radical (unpaired) electrons. The summed E-state index contributed by atoms with van der Waals surface area (Å²) in [4.78, 5) is 14.8. The molecule has 3 heterocycles. The van der Waals surface area contributed by atoms with Crippen LogP contribution in [0.15, 0.2) is 24.3 Å². The molecule has 9 heteroatoms. The summed E-state index contributed by atoms with van der Waals surface area (Å²) in [5, 5.41) is 19.5. The van der Waals surface area contributed by atoms with Gasteiger partial charge < -0.3 is 15.2 Å². The standard InChI is InChI=1S/C19H16N8S/c1-26(2)7-8-27-17(22)15(19-25-11-5-3-4-6-14(11)28-19)16-18(27)24-13(10-21)12(9-20)23-16/h3-6H,7-8,22H2,1-2H3/p+1. The third kappa shape index (κ3) is 2.83. The maximum Gasteiger partial charge on any atom is 0.179 e. The minimum Gasteiger partial charge on any atom is -0.384 e. The fourth-order valence-electron chi connectivity index (χ4n) is 3.06. The number of likely N-dealkylation sites (N-methyl/N-ethyl adjacent to an activating group) is 1. The van der Waals surface area contributed by atoms with Crippen molar-refractivity contribution in [2.24, 2.45) is 0 Å². The summed E-state index contributed by atoms with van der Waals surface area (Å²) >= 11 is 1.52. The second-order valence-electron chi connectivity index (χ2n) is 6.67. The number of para-hydroxylation sites is 1. The summed E-state index contributed by atoms with van der Waals surface area (Å²) in [6.45, 7) is 1.43. The molecule has 0 fully saturated rings. The number of thiazole rings is 1. The highest BCUT2D eigenvalue weighted by Crippen LogP contribution is 2.39. The van der Waals surface area contributed by atoms with Crippen LogP contribution in [0.25, 0.3) is 32.0 Å². The second-order valence-corrected chi connectivity index (χ2v) is 7.70. The van der Waals surface area contributed by atoms with Crippen LogP contribution >= 0.6 is 11.3 Å². The number of hydrogen-bond donors (Lipinski definition) is 2. The SMILES string of the molecule is C[NH+](C)CCn1c(N)c(-c2nc3ccccc3s2)c2nc(C#N)c(C#N)nc21. The number of nitrogen functional groups attached to an aromatic ring is 1. The molecule has 3 N–H and O–H groups in total. The Kier molecular flexibility index (Phi) is 4.40. The van der Waals surface area contributed by atoms with Crippen LogP contribution in [0.4, 0.5) is 5.82 Å². The van der Waals surface area contributed by atoms with Crippen molar-refractivity contribution >= 4 is 38.5 Å². The number of anilines is 1. The molecule has 4 aromatic rings. The average molecular weight is 389 g/mol. The number of fused-ring (bicyclic) bond motifs is 2. The zero-order chi connectivity index (χ0) is 19.8. The number of aromatic nitrogens is 4. The fourth-order valence-corrected chi connectivity index (χ4v) is 4.08. The van der Waals surface area contributed by atoms with Gasteiger partial charge in [-0.1, -0.05) is 12.1 Å². The Morgan fingerprint density at radius 3 is 2.50 bits per heavy atom. The molecule has 0 spiro atoms. The Balaban J connectivity index is 2.03. The van der Waals surface area contributed by atoms with Crippen LogP contribution in [0, 0.1) is 22.7 Å². The van der Waals surface area contributed by atoms with Gasteiger partial charge in [-0.05, 0) is 12.1 Å². The first-order valence-electron chi connectivity index (χ1n) is 8.68. The van der Waals surface area contributed by atoms with Crippen molar-refractivity contribution in [3.8, 4) is 22.7 Å². The molecule has 3 aromatic heterocycles. The maximum absolute atomic E-state index is 9.38. The summed E-state index contributed by atoms with van der Waals surface area (Å²) in [5.74, 6) is 0.495. The van der Waals surface area contributed by atoms with Gasteiger partial charge in [0.15, 0.2) is 17.0 Å². The molecule has 0 atom stereocenters. The van der Waals surface area contributed by atoms with Crippen molar-refractivity contribution in [3.63, 3.8) is 0 Å². The normalized spacial score (nSPS) is 11.2. The molecule has 0 aliphatic rings. The first-order chi connectivity index (χ1) is 13.5. The molecule has 138 valence electrons. The highest BCUT2D eigenvalue weighted by Gasteiger charge is 2.24. The summed E-state index contributed by atoms with van der Waals surface area (Å²) in [6.07, 6.45) is 0. The van der Waals surface area contributed by atoms with E-state index in [1.807, 2.05) is 41.0 Å². The minimum atomic E-state index is -0.00672. The molecule has 0 saturated heterocycles. The van der Waals surface area contributed by atoms with Gasteiger partial charge in [0.1, 0.15) is 28.5 Å². The number of nitrogens with one attached hydrogen (secondary N) is 1. The Morgan fingerprint density at radius 1 is 1.11 bits per heavy atom. The smallest absolute Gasteiger partial charge is 0.179 e. The fraction of sp³-hybridized carbons (Fsp3) is 0.211. The van der Waals surface area contributed by atoms with E-state index in [2.05, 4.69) is 24.1 Å². The van der Waals surface area contributed by atoms with Gasteiger partial charge in [0.05, 0.1) is 43.0 Å². The Hall–Kier alpha value is -3.53. The van der Waals surface area contributed by atoms with Gasteiger partial charge in [-0.15, -0.1) is 11.3 Å². The summed E-state index contributed by atoms with van der Waals surface area (Å²) in [5.41, 5.74) is 9.06. The van der Waals surface area contributed by atoms with Crippen molar-refractivity contribution < 1.29 is 4.90 Å². The predicted molar refractivity (Wildman–Crippen MR) is 108 cm³/mol. The van der Waals surface area contributed by atoms with Crippen LogP contribution in [-0.4, -0.2) is 40.2 Å². The van der Waals surface area contributed by atoms with Crippen molar-refractivity contribution in [3.05, 3.63) is 35.7 Å². The molecular weight excluding hydrogens is 372 g/mol. The van der Waals surface area contributed by atoms with Crippen molar-refractivity contribution in [2.75, 3.05) is 26.4 Å². The Morgan fingerprint density at radius 2 is 1.82 bits per heavy atom. The van der Waals surface area contributed by atoms with E-state index < -0.39 is 0 Å². The van der Waals surface area contributed by atoms with Gasteiger partial charge in [-0.25, -0.2) is 15.0 Å². The topological polar surface area (TPSA) is 122 Å². The quantitative estimate of drug-likeness (QED) is 0.540. The molecule has 0 amide bonds. The van der Waals surface area contributed by atoms with E-state index in [9.17, 15) is 10.5 Å². The molecule has 0 aliphatic carbocycles. The van der Waals surface area contributed by atoms with Crippen LogP contribution in [0.3, 0.4) is 0 Å². The lowest BCUT2D eigenvalue weighted by Gasteiger charge is -2.10.